The second-order valence-electron chi connectivity index (χ2n) is 5.82. The first-order valence-electron chi connectivity index (χ1n) is 7.50. The van der Waals surface area contributed by atoms with Crippen molar-refractivity contribution >= 4 is 0 Å². The number of hydrogen-bond acceptors (Lipinski definition) is 1. The van der Waals surface area contributed by atoms with E-state index in [9.17, 15) is 0 Å². The van der Waals surface area contributed by atoms with E-state index in [2.05, 4.69) is 44.3 Å². The molecule has 1 unspecified atom stereocenters. The summed E-state index contributed by atoms with van der Waals surface area (Å²) >= 11 is 0. The van der Waals surface area contributed by atoms with Crippen molar-refractivity contribution < 1.29 is 0 Å². The third-order valence-corrected chi connectivity index (χ3v) is 4.12. The average Bonchev–Trinajstić information content (AvgIpc) is 3.16. The summed E-state index contributed by atoms with van der Waals surface area (Å²) < 4.78 is 0. The largest absolute Gasteiger partial charge is 0.314 e. The van der Waals surface area contributed by atoms with E-state index in [1.807, 2.05) is 0 Å². The predicted octanol–water partition coefficient (Wildman–Crippen LogP) is 4.01. The molecule has 0 spiro atoms. The third kappa shape index (κ3) is 3.84. The lowest BCUT2D eigenvalue weighted by Gasteiger charge is -2.17. The van der Waals surface area contributed by atoms with E-state index in [0.29, 0.717) is 0 Å². The second kappa shape index (κ2) is 6.38. The van der Waals surface area contributed by atoms with Crippen LogP contribution in [0.2, 0.25) is 0 Å². The molecule has 1 aliphatic rings. The Hall–Kier alpha value is -0.820. The van der Waals surface area contributed by atoms with Crippen molar-refractivity contribution in [3.63, 3.8) is 0 Å². The number of aryl methyl sites for hydroxylation is 3. The van der Waals surface area contributed by atoms with E-state index in [-0.39, 0.29) is 0 Å². The zero-order valence-corrected chi connectivity index (χ0v) is 12.1. The first kappa shape index (κ1) is 13.6. The van der Waals surface area contributed by atoms with Gasteiger partial charge in [-0.05, 0) is 69.5 Å². The van der Waals surface area contributed by atoms with Gasteiger partial charge in [-0.2, -0.15) is 0 Å². The van der Waals surface area contributed by atoms with Gasteiger partial charge in [0, 0.05) is 6.04 Å². The molecule has 1 nitrogen and oxygen atoms in total. The summed E-state index contributed by atoms with van der Waals surface area (Å²) in [6, 6.07) is 7.60. The van der Waals surface area contributed by atoms with Gasteiger partial charge >= 0.3 is 0 Å². The van der Waals surface area contributed by atoms with Crippen LogP contribution in [-0.4, -0.2) is 12.6 Å². The molecule has 0 aromatic heterocycles. The van der Waals surface area contributed by atoms with Gasteiger partial charge in [0.1, 0.15) is 0 Å². The van der Waals surface area contributed by atoms with Gasteiger partial charge in [0.25, 0.3) is 0 Å². The Morgan fingerprint density at radius 3 is 2.72 bits per heavy atom. The zero-order chi connectivity index (χ0) is 13.0. The fourth-order valence-corrected chi connectivity index (χ4v) is 2.85. The maximum atomic E-state index is 3.66. The Labute approximate surface area is 112 Å². The molecule has 0 saturated heterocycles. The van der Waals surface area contributed by atoms with Gasteiger partial charge in [-0.3, -0.25) is 0 Å². The predicted molar refractivity (Wildman–Crippen MR) is 79.0 cm³/mol. The highest BCUT2D eigenvalue weighted by molar-refractivity contribution is 5.30. The maximum absolute atomic E-state index is 3.66. The molecule has 1 aliphatic carbocycles. The van der Waals surface area contributed by atoms with Crippen molar-refractivity contribution in [3.05, 3.63) is 34.9 Å². The molecule has 0 radical (unpaired) electrons. The van der Waals surface area contributed by atoms with Crippen molar-refractivity contribution in [1.29, 1.82) is 0 Å². The number of nitrogens with one attached hydrogen (secondary N) is 1. The summed E-state index contributed by atoms with van der Waals surface area (Å²) in [5.74, 6) is 0.976. The number of hydrogen-bond donors (Lipinski definition) is 1. The molecule has 0 bridgehead atoms. The Morgan fingerprint density at radius 1 is 1.28 bits per heavy atom. The number of rotatable bonds is 7. The molecular formula is C17H27N. The molecule has 2 rings (SSSR count). The first-order valence-corrected chi connectivity index (χ1v) is 7.50. The minimum absolute atomic E-state index is 0.778. The fourth-order valence-electron chi connectivity index (χ4n) is 2.85. The highest BCUT2D eigenvalue weighted by Gasteiger charge is 2.29. The summed E-state index contributed by atoms with van der Waals surface area (Å²) in [6.07, 6.45) is 6.79. The standard InChI is InChI=1S/C17H27N/c1-4-18-17(15-10-11-15)7-5-6-16-12-13(2)8-9-14(16)3/h8-9,12,15,17-18H,4-7,10-11H2,1-3H3. The highest BCUT2D eigenvalue weighted by Crippen LogP contribution is 2.34. The number of benzene rings is 1. The molecule has 18 heavy (non-hydrogen) atoms. The molecule has 0 amide bonds. The molecule has 1 heteroatoms. The van der Waals surface area contributed by atoms with Crippen LogP contribution in [0.3, 0.4) is 0 Å². The van der Waals surface area contributed by atoms with Crippen LogP contribution in [0.5, 0.6) is 0 Å². The summed E-state index contributed by atoms with van der Waals surface area (Å²) in [5, 5.41) is 3.66. The van der Waals surface area contributed by atoms with Gasteiger partial charge in [-0.15, -0.1) is 0 Å². The fraction of sp³-hybridized carbons (Fsp3) is 0.647. The summed E-state index contributed by atoms with van der Waals surface area (Å²) in [4.78, 5) is 0. The quantitative estimate of drug-likeness (QED) is 0.765. The molecule has 0 aliphatic heterocycles. The van der Waals surface area contributed by atoms with E-state index < -0.39 is 0 Å². The molecule has 0 heterocycles. The summed E-state index contributed by atoms with van der Waals surface area (Å²) in [5.41, 5.74) is 4.38. The van der Waals surface area contributed by atoms with E-state index >= 15 is 0 Å². The van der Waals surface area contributed by atoms with Gasteiger partial charge < -0.3 is 5.32 Å². The van der Waals surface area contributed by atoms with E-state index in [1.54, 1.807) is 5.56 Å². The summed E-state index contributed by atoms with van der Waals surface area (Å²) in [7, 11) is 0. The van der Waals surface area contributed by atoms with Gasteiger partial charge in [0.05, 0.1) is 0 Å². The molecule has 1 saturated carbocycles. The van der Waals surface area contributed by atoms with Crippen LogP contribution in [0.15, 0.2) is 18.2 Å². The molecule has 1 aromatic carbocycles. The van der Waals surface area contributed by atoms with Crippen molar-refractivity contribution in [2.24, 2.45) is 5.92 Å². The smallest absolute Gasteiger partial charge is 0.00953 e. The molecule has 1 aromatic rings. The van der Waals surface area contributed by atoms with Crippen LogP contribution >= 0.6 is 0 Å². The average molecular weight is 245 g/mol. The van der Waals surface area contributed by atoms with Gasteiger partial charge in [0.15, 0.2) is 0 Å². The highest BCUT2D eigenvalue weighted by atomic mass is 14.9. The van der Waals surface area contributed by atoms with Crippen LogP contribution in [0, 0.1) is 19.8 Å². The molecule has 1 atom stereocenters. The third-order valence-electron chi connectivity index (χ3n) is 4.12. The van der Waals surface area contributed by atoms with Gasteiger partial charge in [-0.25, -0.2) is 0 Å². The maximum Gasteiger partial charge on any atom is 0.00953 e. The van der Waals surface area contributed by atoms with Crippen LogP contribution < -0.4 is 5.32 Å². The molecular weight excluding hydrogens is 218 g/mol. The lowest BCUT2D eigenvalue weighted by molar-refractivity contribution is 0.434. The van der Waals surface area contributed by atoms with Crippen molar-refractivity contribution in [2.45, 2.75) is 58.9 Å². The van der Waals surface area contributed by atoms with Gasteiger partial charge in [-0.1, -0.05) is 30.7 Å². The van der Waals surface area contributed by atoms with Crippen LogP contribution in [0.25, 0.3) is 0 Å². The lowest BCUT2D eigenvalue weighted by Crippen LogP contribution is -2.30. The van der Waals surface area contributed by atoms with Crippen molar-refractivity contribution in [2.75, 3.05) is 6.54 Å². The van der Waals surface area contributed by atoms with Crippen LogP contribution in [0.4, 0.5) is 0 Å². The van der Waals surface area contributed by atoms with E-state index in [0.717, 1.165) is 18.5 Å². The summed E-state index contributed by atoms with van der Waals surface area (Å²) in [6.45, 7) is 7.76. The van der Waals surface area contributed by atoms with Crippen molar-refractivity contribution in [1.82, 2.24) is 5.32 Å². The molecule has 1 fully saturated rings. The van der Waals surface area contributed by atoms with Crippen LogP contribution in [0.1, 0.15) is 49.3 Å². The van der Waals surface area contributed by atoms with Crippen LogP contribution in [-0.2, 0) is 6.42 Å². The SMILES string of the molecule is CCNC(CCCc1cc(C)ccc1C)C1CC1. The van der Waals surface area contributed by atoms with E-state index in [4.69, 9.17) is 0 Å². The topological polar surface area (TPSA) is 12.0 Å². The first-order chi connectivity index (χ1) is 8.70. The van der Waals surface area contributed by atoms with Crippen molar-refractivity contribution in [3.8, 4) is 0 Å². The Bertz CT molecular complexity index is 379. The molecule has 1 N–H and O–H groups in total. The molecule has 100 valence electrons. The zero-order valence-electron chi connectivity index (χ0n) is 12.1. The Kier molecular flexibility index (Phi) is 4.82. The monoisotopic (exact) mass is 245 g/mol. The lowest BCUT2D eigenvalue weighted by atomic mass is 9.98. The normalized spacial score (nSPS) is 16.8. The Morgan fingerprint density at radius 2 is 2.06 bits per heavy atom. The van der Waals surface area contributed by atoms with E-state index in [1.165, 1.54) is 43.2 Å². The van der Waals surface area contributed by atoms with Gasteiger partial charge in [0.2, 0.25) is 0 Å². The Balaban J connectivity index is 1.81. The second-order valence-corrected chi connectivity index (χ2v) is 5.82. The minimum Gasteiger partial charge on any atom is -0.314 e. The minimum atomic E-state index is 0.778.